The summed E-state index contributed by atoms with van der Waals surface area (Å²) in [6.45, 7) is 0. The van der Waals surface area contributed by atoms with Crippen LogP contribution in [0.2, 0.25) is 0 Å². The molecule has 2 fully saturated rings. The summed E-state index contributed by atoms with van der Waals surface area (Å²) in [4.78, 5) is 5.53. The lowest BCUT2D eigenvalue weighted by Gasteiger charge is -2.34. The smallest absolute Gasteiger partial charge is 0.143 e. The van der Waals surface area contributed by atoms with Gasteiger partial charge in [-0.1, -0.05) is 18.0 Å². The van der Waals surface area contributed by atoms with Crippen molar-refractivity contribution in [2.75, 3.05) is 0 Å². The Kier molecular flexibility index (Phi) is 1.29. The molecule has 0 radical (unpaired) electrons. The predicted molar refractivity (Wildman–Crippen MR) is 47.0 cm³/mol. The van der Waals surface area contributed by atoms with E-state index in [0.29, 0.717) is 0 Å². The number of nitrogens with zero attached hydrogens (tertiary/aromatic N) is 1. The van der Waals surface area contributed by atoms with Crippen molar-refractivity contribution in [1.82, 2.24) is 0 Å². The Balaban J connectivity index is 1.81. The minimum Gasteiger partial charge on any atom is -0.389 e. The van der Waals surface area contributed by atoms with Crippen LogP contribution in [-0.2, 0) is 4.84 Å². The molecule has 2 unspecified atom stereocenters. The van der Waals surface area contributed by atoms with Crippen LogP contribution in [0.5, 0.6) is 0 Å². The number of rotatable bonds is 0. The maximum absolute atomic E-state index is 5.53. The summed E-state index contributed by atoms with van der Waals surface area (Å²) >= 11 is 0. The largest absolute Gasteiger partial charge is 0.389 e. The van der Waals surface area contributed by atoms with Gasteiger partial charge in [-0.05, 0) is 31.1 Å². The first-order valence-corrected chi connectivity index (χ1v) is 5.06. The Bertz CT molecular complexity index is 202. The molecule has 0 N–H and O–H groups in total. The van der Waals surface area contributed by atoms with Crippen LogP contribution in [0.3, 0.4) is 0 Å². The molecular weight excluding hydrogens is 150 g/mol. The lowest BCUT2D eigenvalue weighted by Crippen LogP contribution is -2.35. The highest BCUT2D eigenvalue weighted by Crippen LogP contribution is 2.50. The van der Waals surface area contributed by atoms with Crippen molar-refractivity contribution in [1.29, 1.82) is 0 Å². The van der Waals surface area contributed by atoms with Crippen LogP contribution in [0.25, 0.3) is 0 Å². The molecule has 1 spiro atoms. The highest BCUT2D eigenvalue weighted by Gasteiger charge is 2.46. The molecule has 2 nitrogen and oxygen atoms in total. The van der Waals surface area contributed by atoms with Gasteiger partial charge in [-0.2, -0.15) is 0 Å². The second-order valence-electron chi connectivity index (χ2n) is 4.72. The van der Waals surface area contributed by atoms with Crippen LogP contribution >= 0.6 is 0 Å². The first kappa shape index (κ1) is 6.93. The zero-order valence-corrected chi connectivity index (χ0v) is 7.33. The molecule has 2 aliphatic carbocycles. The van der Waals surface area contributed by atoms with Gasteiger partial charge in [0.1, 0.15) is 5.60 Å². The molecule has 1 heterocycles. The number of fused-ring (bicyclic) bond motifs is 2. The summed E-state index contributed by atoms with van der Waals surface area (Å²) in [6.07, 6.45) is 9.90. The van der Waals surface area contributed by atoms with E-state index in [-0.39, 0.29) is 5.60 Å². The summed E-state index contributed by atoms with van der Waals surface area (Å²) in [5.41, 5.74) is 0.157. The number of oxime groups is 1. The summed E-state index contributed by atoms with van der Waals surface area (Å²) in [5, 5.41) is 3.93. The molecule has 12 heavy (non-hydrogen) atoms. The first-order chi connectivity index (χ1) is 5.86. The Hall–Kier alpha value is -0.530. The van der Waals surface area contributed by atoms with Gasteiger partial charge in [0.15, 0.2) is 0 Å². The van der Waals surface area contributed by atoms with Crippen LogP contribution < -0.4 is 0 Å². The van der Waals surface area contributed by atoms with Gasteiger partial charge in [-0.15, -0.1) is 0 Å². The van der Waals surface area contributed by atoms with Crippen LogP contribution in [0, 0.1) is 11.8 Å². The zero-order valence-electron chi connectivity index (χ0n) is 7.33. The highest BCUT2D eigenvalue weighted by atomic mass is 16.7. The zero-order chi connectivity index (χ0) is 8.02. The highest BCUT2D eigenvalue weighted by molar-refractivity contribution is 5.60. The third-order valence-corrected chi connectivity index (χ3v) is 3.76. The molecule has 2 bridgehead atoms. The van der Waals surface area contributed by atoms with E-state index in [1.165, 1.54) is 32.1 Å². The van der Waals surface area contributed by atoms with Gasteiger partial charge in [-0.3, -0.25) is 0 Å². The van der Waals surface area contributed by atoms with Crippen molar-refractivity contribution in [2.45, 2.75) is 44.1 Å². The van der Waals surface area contributed by atoms with Gasteiger partial charge in [0.2, 0.25) is 0 Å². The lowest BCUT2D eigenvalue weighted by atomic mass is 9.76. The molecule has 2 heteroatoms. The third-order valence-electron chi connectivity index (χ3n) is 3.76. The van der Waals surface area contributed by atoms with E-state index < -0.39 is 0 Å². The maximum Gasteiger partial charge on any atom is 0.143 e. The number of hydrogen-bond acceptors (Lipinski definition) is 2. The van der Waals surface area contributed by atoms with E-state index in [4.69, 9.17) is 4.84 Å². The Morgan fingerprint density at radius 1 is 1.25 bits per heavy atom. The van der Waals surface area contributed by atoms with Gasteiger partial charge in [0, 0.05) is 12.6 Å². The molecule has 0 saturated heterocycles. The lowest BCUT2D eigenvalue weighted by molar-refractivity contribution is -0.0629. The van der Waals surface area contributed by atoms with Gasteiger partial charge >= 0.3 is 0 Å². The van der Waals surface area contributed by atoms with Crippen LogP contribution in [0.4, 0.5) is 0 Å². The van der Waals surface area contributed by atoms with E-state index in [0.717, 1.165) is 18.3 Å². The molecule has 0 aromatic carbocycles. The van der Waals surface area contributed by atoms with Crippen LogP contribution in [0.15, 0.2) is 5.16 Å². The molecule has 0 amide bonds. The third kappa shape index (κ3) is 0.900. The first-order valence-electron chi connectivity index (χ1n) is 5.06. The van der Waals surface area contributed by atoms with Crippen LogP contribution in [-0.4, -0.2) is 11.8 Å². The second-order valence-corrected chi connectivity index (χ2v) is 4.72. The van der Waals surface area contributed by atoms with Gasteiger partial charge in [0.25, 0.3) is 0 Å². The molecular formula is C10H15NO. The van der Waals surface area contributed by atoms with Crippen molar-refractivity contribution < 1.29 is 4.84 Å². The molecule has 0 aromatic heterocycles. The fraction of sp³-hybridized carbons (Fsp3) is 0.900. The van der Waals surface area contributed by atoms with Crippen molar-refractivity contribution in [3.8, 4) is 0 Å². The van der Waals surface area contributed by atoms with Crippen molar-refractivity contribution in [3.63, 3.8) is 0 Å². The minimum absolute atomic E-state index is 0.157. The average molecular weight is 165 g/mol. The SMILES string of the molecule is C1=NOC2(C1)CC1CCC(C1)C2. The van der Waals surface area contributed by atoms with Gasteiger partial charge in [-0.25, -0.2) is 0 Å². The van der Waals surface area contributed by atoms with E-state index in [2.05, 4.69) is 5.16 Å². The molecule has 3 aliphatic rings. The molecule has 66 valence electrons. The summed E-state index contributed by atoms with van der Waals surface area (Å²) < 4.78 is 0. The summed E-state index contributed by atoms with van der Waals surface area (Å²) in [6, 6.07) is 0. The normalized spacial score (nSPS) is 50.0. The second kappa shape index (κ2) is 2.24. The Morgan fingerprint density at radius 2 is 2.00 bits per heavy atom. The topological polar surface area (TPSA) is 21.6 Å². The van der Waals surface area contributed by atoms with E-state index in [1.54, 1.807) is 0 Å². The molecule has 2 atom stereocenters. The van der Waals surface area contributed by atoms with E-state index >= 15 is 0 Å². The molecule has 0 aromatic rings. The Labute approximate surface area is 73.0 Å². The average Bonchev–Trinajstić information content (AvgIpc) is 2.60. The monoisotopic (exact) mass is 165 g/mol. The van der Waals surface area contributed by atoms with E-state index in [1.807, 2.05) is 6.21 Å². The van der Waals surface area contributed by atoms with E-state index in [9.17, 15) is 0 Å². The maximum atomic E-state index is 5.53. The van der Waals surface area contributed by atoms with Crippen molar-refractivity contribution in [2.24, 2.45) is 17.0 Å². The quantitative estimate of drug-likeness (QED) is 0.540. The van der Waals surface area contributed by atoms with Crippen molar-refractivity contribution >= 4 is 6.21 Å². The van der Waals surface area contributed by atoms with Gasteiger partial charge in [0.05, 0.1) is 0 Å². The molecule has 3 rings (SSSR count). The van der Waals surface area contributed by atoms with Gasteiger partial charge < -0.3 is 4.84 Å². The minimum atomic E-state index is 0.157. The molecule has 2 saturated carbocycles. The Morgan fingerprint density at radius 3 is 2.58 bits per heavy atom. The molecule has 1 aliphatic heterocycles. The predicted octanol–water partition coefficient (Wildman–Crippen LogP) is 2.34. The summed E-state index contributed by atoms with van der Waals surface area (Å²) in [7, 11) is 0. The number of hydrogen-bond donors (Lipinski definition) is 0. The summed E-state index contributed by atoms with van der Waals surface area (Å²) in [5.74, 6) is 1.90. The van der Waals surface area contributed by atoms with Crippen LogP contribution in [0.1, 0.15) is 38.5 Å². The van der Waals surface area contributed by atoms with Crippen molar-refractivity contribution in [3.05, 3.63) is 0 Å². The fourth-order valence-corrected chi connectivity index (χ4v) is 3.32. The fourth-order valence-electron chi connectivity index (χ4n) is 3.32. The standard InChI is InChI=1S/C10H15NO/c1-2-9-5-8(1)6-10(7-9)3-4-11-12-10/h4,8-9H,1-3,5-7H2.